The maximum absolute atomic E-state index is 7.28. The molecule has 10 rings (SSSR count). The van der Waals surface area contributed by atoms with E-state index >= 15 is 0 Å². The Labute approximate surface area is 406 Å². The molecule has 0 heterocycles. The first-order chi connectivity index (χ1) is 29.9. The third kappa shape index (κ3) is 10.9. The second-order valence-electron chi connectivity index (χ2n) is 15.5. The van der Waals surface area contributed by atoms with E-state index in [2.05, 4.69) is 208 Å². The van der Waals surface area contributed by atoms with Crippen LogP contribution in [-0.2, 0) is 44.8 Å². The summed E-state index contributed by atoms with van der Waals surface area (Å²) < 4.78 is 0. The summed E-state index contributed by atoms with van der Waals surface area (Å²) in [4.78, 5) is 0.154. The molecular formula is C59H46Ag2P2+2. The SMILES string of the molecule is CC(C)([PH+](c1ccccc1)c1ccccc1)[PH+](c1ccccc1)c1ccccc1.[Ag+].[Ag+].[C-]#Cc1cccc2cc3ccccc3cc12.[C-]#Cc1cccc2cc3ccccc3cc12. The van der Waals surface area contributed by atoms with Gasteiger partial charge in [0.2, 0.25) is 0 Å². The van der Waals surface area contributed by atoms with Crippen LogP contribution in [0.2, 0.25) is 0 Å². The van der Waals surface area contributed by atoms with Gasteiger partial charge in [0.05, 0.1) is 0 Å². The second-order valence-corrected chi connectivity index (χ2v) is 22.4. The number of fused-ring (bicyclic) bond motifs is 4. The zero-order chi connectivity index (χ0) is 42.0. The van der Waals surface area contributed by atoms with Gasteiger partial charge in [-0.15, -0.1) is 23.3 Å². The fourth-order valence-electron chi connectivity index (χ4n) is 8.47. The van der Waals surface area contributed by atoms with Crippen LogP contribution in [0, 0.1) is 24.7 Å². The molecule has 0 amide bonds. The van der Waals surface area contributed by atoms with Crippen LogP contribution in [0.3, 0.4) is 0 Å². The van der Waals surface area contributed by atoms with E-state index in [1.807, 2.05) is 48.5 Å². The Balaban J connectivity index is 0.000000166. The summed E-state index contributed by atoms with van der Waals surface area (Å²) in [5, 5.41) is 15.3. The van der Waals surface area contributed by atoms with Crippen LogP contribution in [-0.4, -0.2) is 4.90 Å². The van der Waals surface area contributed by atoms with E-state index in [1.54, 1.807) is 0 Å². The molecule has 0 atom stereocenters. The normalized spacial score (nSPS) is 10.7. The summed E-state index contributed by atoms with van der Waals surface area (Å²) in [7, 11) is -2.05. The minimum Gasteiger partial charge on any atom is -0.366 e. The Morgan fingerprint density at radius 2 is 0.571 bits per heavy atom. The first kappa shape index (κ1) is 47.2. The summed E-state index contributed by atoms with van der Waals surface area (Å²) >= 11 is 0. The molecule has 0 nitrogen and oxygen atoms in total. The van der Waals surface area contributed by atoms with Gasteiger partial charge in [0.1, 0.15) is 37.1 Å². The minimum atomic E-state index is -1.02. The van der Waals surface area contributed by atoms with Crippen molar-refractivity contribution in [3.8, 4) is 11.8 Å². The Morgan fingerprint density at radius 1 is 0.317 bits per heavy atom. The molecule has 0 saturated carbocycles. The average Bonchev–Trinajstić information content (AvgIpc) is 3.31. The van der Waals surface area contributed by atoms with E-state index in [1.165, 1.54) is 42.8 Å². The van der Waals surface area contributed by atoms with Gasteiger partial charge in [-0.05, 0) is 93.0 Å². The molecule has 0 aromatic heterocycles. The van der Waals surface area contributed by atoms with Crippen LogP contribution in [0.15, 0.2) is 231 Å². The summed E-state index contributed by atoms with van der Waals surface area (Å²) in [6, 6.07) is 81.7. The molecule has 312 valence electrons. The third-order valence-corrected chi connectivity index (χ3v) is 18.9. The van der Waals surface area contributed by atoms with Crippen molar-refractivity contribution >= 4 is 80.2 Å². The van der Waals surface area contributed by atoms with Crippen LogP contribution >= 0.6 is 15.8 Å². The molecule has 0 radical (unpaired) electrons. The number of hydrogen-bond acceptors (Lipinski definition) is 0. The largest absolute Gasteiger partial charge is 1.00 e. The van der Waals surface area contributed by atoms with Gasteiger partial charge in [-0.3, -0.25) is 11.8 Å². The Kier molecular flexibility index (Phi) is 16.7. The van der Waals surface area contributed by atoms with E-state index < -0.39 is 15.8 Å². The number of benzene rings is 10. The van der Waals surface area contributed by atoms with Crippen molar-refractivity contribution in [1.82, 2.24) is 0 Å². The molecule has 0 aliphatic heterocycles. The number of rotatable bonds is 6. The Bertz CT molecular complexity index is 2840. The molecular weight excluding hydrogens is 986 g/mol. The average molecular weight is 1030 g/mol. The Morgan fingerprint density at radius 3 is 0.857 bits per heavy atom. The van der Waals surface area contributed by atoms with Gasteiger partial charge in [0.25, 0.3) is 0 Å². The first-order valence-electron chi connectivity index (χ1n) is 20.6. The Hall–Kier alpha value is -5.30. The summed E-state index contributed by atoms with van der Waals surface area (Å²) in [6.45, 7) is 5.02. The van der Waals surface area contributed by atoms with Crippen molar-refractivity contribution in [2.45, 2.75) is 18.7 Å². The van der Waals surface area contributed by atoms with Crippen molar-refractivity contribution in [3.05, 3.63) is 254 Å². The van der Waals surface area contributed by atoms with Crippen LogP contribution in [0.1, 0.15) is 25.0 Å². The molecule has 4 heteroatoms. The zero-order valence-electron chi connectivity index (χ0n) is 35.0. The van der Waals surface area contributed by atoms with Crippen molar-refractivity contribution in [2.24, 2.45) is 0 Å². The maximum atomic E-state index is 7.28. The molecule has 0 unspecified atom stereocenters. The van der Waals surface area contributed by atoms with Gasteiger partial charge in [-0.2, -0.15) is 0 Å². The van der Waals surface area contributed by atoms with Crippen molar-refractivity contribution in [2.75, 3.05) is 0 Å². The standard InChI is InChI=1S/C27H26P2.2C16H9.2Ag/c1-27(2,28(23-15-7-3-8-16-23)24-17-9-4-10-18-24)29(25-19-11-5-12-20-25)26-21-13-6-14-22-26;2*1-2-12-8-5-9-15-10-13-6-3-4-7-14(13)11-16(12)15;;/h3-22H,1-2H3;2*3-11H;;/q;2*-1;2*+1/p+2. The quantitative estimate of drug-likeness (QED) is 0.0512. The summed E-state index contributed by atoms with van der Waals surface area (Å²) in [6.07, 6.45) is 14.6. The van der Waals surface area contributed by atoms with Gasteiger partial charge in [0.15, 0.2) is 4.90 Å². The van der Waals surface area contributed by atoms with Gasteiger partial charge >= 0.3 is 44.8 Å². The summed E-state index contributed by atoms with van der Waals surface area (Å²) in [5.74, 6) is 4.97. The van der Waals surface area contributed by atoms with Gasteiger partial charge in [-0.25, -0.2) is 0 Å². The first-order valence-corrected chi connectivity index (χ1v) is 23.6. The van der Waals surface area contributed by atoms with E-state index in [4.69, 9.17) is 12.8 Å². The molecule has 63 heavy (non-hydrogen) atoms. The van der Waals surface area contributed by atoms with E-state index in [0.29, 0.717) is 0 Å². The van der Waals surface area contributed by atoms with Crippen LogP contribution in [0.25, 0.3) is 43.1 Å². The topological polar surface area (TPSA) is 0 Å². The van der Waals surface area contributed by atoms with E-state index in [0.717, 1.165) is 32.7 Å². The van der Waals surface area contributed by atoms with Gasteiger partial charge in [-0.1, -0.05) is 168 Å². The van der Waals surface area contributed by atoms with Crippen molar-refractivity contribution < 1.29 is 44.8 Å². The van der Waals surface area contributed by atoms with Crippen molar-refractivity contribution in [3.63, 3.8) is 0 Å². The smallest absolute Gasteiger partial charge is 0.366 e. The van der Waals surface area contributed by atoms with Crippen LogP contribution in [0.5, 0.6) is 0 Å². The minimum absolute atomic E-state index is 0. The van der Waals surface area contributed by atoms with E-state index in [9.17, 15) is 0 Å². The fraction of sp³-hybridized carbons (Fsp3) is 0.0508. The molecule has 0 aliphatic carbocycles. The van der Waals surface area contributed by atoms with Crippen LogP contribution in [0.4, 0.5) is 0 Å². The molecule has 10 aromatic rings. The zero-order valence-corrected chi connectivity index (χ0v) is 40.0. The monoisotopic (exact) mass is 1030 g/mol. The molecule has 0 saturated heterocycles. The maximum Gasteiger partial charge on any atom is 1.00 e. The molecule has 0 bridgehead atoms. The van der Waals surface area contributed by atoms with E-state index in [-0.39, 0.29) is 49.7 Å². The van der Waals surface area contributed by atoms with Crippen LogP contribution < -0.4 is 21.2 Å². The second kappa shape index (κ2) is 22.4. The predicted molar refractivity (Wildman–Crippen MR) is 270 cm³/mol. The molecule has 0 N–H and O–H groups in total. The van der Waals surface area contributed by atoms with Gasteiger partial charge < -0.3 is 12.8 Å². The third-order valence-electron chi connectivity index (χ3n) is 11.3. The van der Waals surface area contributed by atoms with Crippen molar-refractivity contribution in [1.29, 1.82) is 0 Å². The molecule has 0 spiro atoms. The predicted octanol–water partition coefficient (Wildman–Crippen LogP) is 13.3. The number of hydrogen-bond donors (Lipinski definition) is 0. The fourth-order valence-corrected chi connectivity index (χ4v) is 16.9. The van der Waals surface area contributed by atoms with Gasteiger partial charge in [0, 0.05) is 13.8 Å². The molecule has 0 aliphatic rings. The molecule has 0 fully saturated rings. The summed E-state index contributed by atoms with van der Waals surface area (Å²) in [5.41, 5.74) is 1.70. The molecule has 10 aromatic carbocycles.